The van der Waals surface area contributed by atoms with Gasteiger partial charge in [-0.3, -0.25) is 0 Å². The molecule has 2 aromatic carbocycles. The lowest BCUT2D eigenvalue weighted by molar-refractivity contribution is 0.282. The molecule has 0 aliphatic rings. The first kappa shape index (κ1) is 15.2. The van der Waals surface area contributed by atoms with Crippen LogP contribution in [0, 0.1) is 6.92 Å². The minimum absolute atomic E-state index is 0.0420. The molecule has 0 saturated carbocycles. The molecule has 0 aliphatic heterocycles. The predicted molar refractivity (Wildman–Crippen MR) is 93.1 cm³/mol. The number of aryl methyl sites for hydroxylation is 1. The molecule has 4 heteroatoms. The minimum Gasteiger partial charge on any atom is -0.392 e. The molecule has 1 aromatic heterocycles. The number of aromatic nitrogens is 2. The Labute approximate surface area is 135 Å². The van der Waals surface area contributed by atoms with Crippen molar-refractivity contribution in [3.05, 3.63) is 65.9 Å². The molecule has 0 spiro atoms. The van der Waals surface area contributed by atoms with Crippen molar-refractivity contribution >= 4 is 5.95 Å². The molecular weight excluding hydrogens is 286 g/mol. The van der Waals surface area contributed by atoms with E-state index >= 15 is 0 Å². The van der Waals surface area contributed by atoms with Crippen LogP contribution in [0.5, 0.6) is 0 Å². The normalized spacial score (nSPS) is 10.6. The molecule has 116 valence electrons. The van der Waals surface area contributed by atoms with Crippen molar-refractivity contribution in [3.8, 4) is 22.4 Å². The van der Waals surface area contributed by atoms with Crippen molar-refractivity contribution in [1.82, 2.24) is 9.97 Å². The molecule has 3 aromatic rings. The largest absolute Gasteiger partial charge is 0.392 e. The molecular formula is C19H19N3O. The Kier molecular flexibility index (Phi) is 4.35. The number of nitrogens with zero attached hydrogens (tertiary/aromatic N) is 2. The van der Waals surface area contributed by atoms with Gasteiger partial charge < -0.3 is 10.4 Å². The fraction of sp³-hybridized carbons (Fsp3) is 0.158. The van der Waals surface area contributed by atoms with Crippen molar-refractivity contribution in [2.24, 2.45) is 0 Å². The first-order valence-corrected chi connectivity index (χ1v) is 7.53. The lowest BCUT2D eigenvalue weighted by Gasteiger charge is -2.11. The first-order valence-electron chi connectivity index (χ1n) is 7.53. The van der Waals surface area contributed by atoms with Gasteiger partial charge >= 0.3 is 0 Å². The van der Waals surface area contributed by atoms with Gasteiger partial charge in [-0.15, -0.1) is 0 Å². The van der Waals surface area contributed by atoms with Crippen LogP contribution in [-0.2, 0) is 6.61 Å². The zero-order chi connectivity index (χ0) is 16.2. The topological polar surface area (TPSA) is 58.0 Å². The van der Waals surface area contributed by atoms with Crippen molar-refractivity contribution in [1.29, 1.82) is 0 Å². The smallest absolute Gasteiger partial charge is 0.222 e. The summed E-state index contributed by atoms with van der Waals surface area (Å²) in [6.45, 7) is 2.11. The van der Waals surface area contributed by atoms with Gasteiger partial charge in [0, 0.05) is 24.4 Å². The number of rotatable bonds is 4. The van der Waals surface area contributed by atoms with Crippen molar-refractivity contribution in [3.63, 3.8) is 0 Å². The summed E-state index contributed by atoms with van der Waals surface area (Å²) >= 11 is 0. The van der Waals surface area contributed by atoms with Crippen LogP contribution in [-0.4, -0.2) is 22.1 Å². The van der Waals surface area contributed by atoms with Crippen LogP contribution in [0.3, 0.4) is 0 Å². The van der Waals surface area contributed by atoms with Crippen LogP contribution in [0.4, 0.5) is 5.95 Å². The van der Waals surface area contributed by atoms with E-state index in [1.807, 2.05) is 37.5 Å². The average Bonchev–Trinajstić information content (AvgIpc) is 2.62. The predicted octanol–water partition coefficient (Wildman–Crippen LogP) is 3.65. The SMILES string of the molecule is CNc1ncc(-c2ccc(CO)cc2)c(-c2ccc(C)cc2)n1. The molecule has 1 heterocycles. The molecule has 2 N–H and O–H groups in total. The van der Waals surface area contributed by atoms with Gasteiger partial charge in [0.25, 0.3) is 0 Å². The monoisotopic (exact) mass is 305 g/mol. The molecule has 0 fully saturated rings. The highest BCUT2D eigenvalue weighted by Gasteiger charge is 2.11. The first-order chi connectivity index (χ1) is 11.2. The second-order valence-electron chi connectivity index (χ2n) is 5.43. The fourth-order valence-electron chi connectivity index (χ4n) is 2.43. The Bertz CT molecular complexity index is 796. The van der Waals surface area contributed by atoms with E-state index < -0.39 is 0 Å². The molecule has 23 heavy (non-hydrogen) atoms. The Morgan fingerprint density at radius 3 is 2.22 bits per heavy atom. The summed E-state index contributed by atoms with van der Waals surface area (Å²) in [5, 5.41) is 12.2. The van der Waals surface area contributed by atoms with E-state index in [1.165, 1.54) is 5.56 Å². The number of hydrogen-bond donors (Lipinski definition) is 2. The Balaban J connectivity index is 2.13. The molecule has 3 rings (SSSR count). The van der Waals surface area contributed by atoms with Gasteiger partial charge in [0.05, 0.1) is 12.3 Å². The van der Waals surface area contributed by atoms with Crippen LogP contribution in [0.2, 0.25) is 0 Å². The Morgan fingerprint density at radius 1 is 0.957 bits per heavy atom. The number of anilines is 1. The van der Waals surface area contributed by atoms with E-state index in [0.29, 0.717) is 5.95 Å². The summed E-state index contributed by atoms with van der Waals surface area (Å²) in [4.78, 5) is 8.99. The number of benzene rings is 2. The third-order valence-corrected chi connectivity index (χ3v) is 3.78. The maximum absolute atomic E-state index is 9.19. The van der Waals surface area contributed by atoms with Gasteiger partial charge in [0.15, 0.2) is 0 Å². The van der Waals surface area contributed by atoms with E-state index in [1.54, 1.807) is 0 Å². The summed E-state index contributed by atoms with van der Waals surface area (Å²) in [5.74, 6) is 0.594. The summed E-state index contributed by atoms with van der Waals surface area (Å²) in [7, 11) is 1.81. The zero-order valence-electron chi connectivity index (χ0n) is 13.2. The summed E-state index contributed by atoms with van der Waals surface area (Å²) in [6, 6.07) is 16.1. The van der Waals surface area contributed by atoms with Crippen LogP contribution in [0.15, 0.2) is 54.7 Å². The summed E-state index contributed by atoms with van der Waals surface area (Å²) in [5.41, 5.74) is 6.04. The summed E-state index contributed by atoms with van der Waals surface area (Å²) in [6.07, 6.45) is 1.84. The molecule has 0 radical (unpaired) electrons. The van der Waals surface area contributed by atoms with Gasteiger partial charge in [-0.05, 0) is 18.1 Å². The van der Waals surface area contributed by atoms with E-state index in [2.05, 4.69) is 46.5 Å². The average molecular weight is 305 g/mol. The third-order valence-electron chi connectivity index (χ3n) is 3.78. The maximum Gasteiger partial charge on any atom is 0.222 e. The highest BCUT2D eigenvalue weighted by Crippen LogP contribution is 2.31. The molecule has 4 nitrogen and oxygen atoms in total. The van der Waals surface area contributed by atoms with Crippen molar-refractivity contribution in [2.75, 3.05) is 12.4 Å². The second-order valence-corrected chi connectivity index (χ2v) is 5.43. The molecule has 0 bridgehead atoms. The van der Waals surface area contributed by atoms with Gasteiger partial charge in [-0.1, -0.05) is 54.1 Å². The van der Waals surface area contributed by atoms with Crippen molar-refractivity contribution in [2.45, 2.75) is 13.5 Å². The Morgan fingerprint density at radius 2 is 1.61 bits per heavy atom. The van der Waals surface area contributed by atoms with Crippen LogP contribution >= 0.6 is 0 Å². The van der Waals surface area contributed by atoms with E-state index in [-0.39, 0.29) is 6.61 Å². The van der Waals surface area contributed by atoms with Gasteiger partial charge in [-0.2, -0.15) is 0 Å². The fourth-order valence-corrected chi connectivity index (χ4v) is 2.43. The van der Waals surface area contributed by atoms with Crippen LogP contribution in [0.25, 0.3) is 22.4 Å². The molecule has 0 amide bonds. The Hall–Kier alpha value is -2.72. The standard InChI is InChI=1S/C19H19N3O/c1-13-3-7-16(8-4-13)18-17(11-21-19(20-2)22-18)15-9-5-14(12-23)6-10-15/h3-11,23H,12H2,1-2H3,(H,20,21,22). The highest BCUT2D eigenvalue weighted by molar-refractivity contribution is 5.81. The quantitative estimate of drug-likeness (QED) is 0.772. The summed E-state index contributed by atoms with van der Waals surface area (Å²) < 4.78 is 0. The lowest BCUT2D eigenvalue weighted by Crippen LogP contribution is -1.99. The molecule has 0 aliphatic carbocycles. The third kappa shape index (κ3) is 3.22. The number of nitrogens with one attached hydrogen (secondary N) is 1. The van der Waals surface area contributed by atoms with Crippen LogP contribution < -0.4 is 5.32 Å². The van der Waals surface area contributed by atoms with E-state index in [0.717, 1.165) is 27.9 Å². The number of aliphatic hydroxyl groups excluding tert-OH is 1. The highest BCUT2D eigenvalue weighted by atomic mass is 16.3. The van der Waals surface area contributed by atoms with Gasteiger partial charge in [-0.25, -0.2) is 9.97 Å². The number of hydrogen-bond acceptors (Lipinski definition) is 4. The van der Waals surface area contributed by atoms with E-state index in [4.69, 9.17) is 0 Å². The van der Waals surface area contributed by atoms with E-state index in [9.17, 15) is 5.11 Å². The van der Waals surface area contributed by atoms with Crippen LogP contribution in [0.1, 0.15) is 11.1 Å². The van der Waals surface area contributed by atoms with Crippen molar-refractivity contribution < 1.29 is 5.11 Å². The molecule has 0 saturated heterocycles. The molecule has 0 atom stereocenters. The second kappa shape index (κ2) is 6.58. The van der Waals surface area contributed by atoms with Gasteiger partial charge in [0.2, 0.25) is 5.95 Å². The lowest BCUT2D eigenvalue weighted by atomic mass is 9.99. The maximum atomic E-state index is 9.19. The minimum atomic E-state index is 0.0420. The molecule has 0 unspecified atom stereocenters. The number of aliphatic hydroxyl groups is 1. The van der Waals surface area contributed by atoms with Gasteiger partial charge in [0.1, 0.15) is 0 Å². The zero-order valence-corrected chi connectivity index (χ0v) is 13.2.